The van der Waals surface area contributed by atoms with Crippen LogP contribution in [0.3, 0.4) is 0 Å². The zero-order valence-corrected chi connectivity index (χ0v) is 9.92. The van der Waals surface area contributed by atoms with E-state index in [2.05, 4.69) is 0 Å². The van der Waals surface area contributed by atoms with E-state index < -0.39 is 0 Å². The van der Waals surface area contributed by atoms with Crippen LogP contribution in [-0.2, 0) is 17.8 Å². The van der Waals surface area contributed by atoms with Crippen molar-refractivity contribution in [1.82, 2.24) is 0 Å². The van der Waals surface area contributed by atoms with Crippen LogP contribution in [0, 0.1) is 5.82 Å². The molecule has 3 nitrogen and oxygen atoms in total. The predicted octanol–water partition coefficient (Wildman–Crippen LogP) is 1.87. The molecule has 16 heavy (non-hydrogen) atoms. The first-order chi connectivity index (χ1) is 7.58. The highest BCUT2D eigenvalue weighted by Crippen LogP contribution is 2.24. The van der Waals surface area contributed by atoms with Crippen LogP contribution in [0.2, 0.25) is 0 Å². The Morgan fingerprint density at radius 2 is 2.00 bits per heavy atom. The van der Waals surface area contributed by atoms with E-state index in [0.29, 0.717) is 24.3 Å². The van der Waals surface area contributed by atoms with Crippen molar-refractivity contribution in [2.45, 2.75) is 26.0 Å². The highest BCUT2D eigenvalue weighted by molar-refractivity contribution is 5.38. The van der Waals surface area contributed by atoms with Gasteiger partial charge in [0, 0.05) is 24.8 Å². The number of hydrogen-bond acceptors (Lipinski definition) is 3. The van der Waals surface area contributed by atoms with Crippen LogP contribution in [0.25, 0.3) is 0 Å². The normalized spacial score (nSPS) is 12.6. The van der Waals surface area contributed by atoms with Crippen LogP contribution in [-0.4, -0.2) is 20.3 Å². The average molecular weight is 227 g/mol. The third-order valence-corrected chi connectivity index (χ3v) is 2.29. The molecule has 4 heteroatoms. The molecule has 90 valence electrons. The molecule has 0 bridgehead atoms. The first-order valence-corrected chi connectivity index (χ1v) is 5.18. The van der Waals surface area contributed by atoms with Crippen LogP contribution < -0.4 is 10.5 Å². The highest BCUT2D eigenvalue weighted by atomic mass is 19.1. The van der Waals surface area contributed by atoms with Gasteiger partial charge in [-0.2, -0.15) is 0 Å². The van der Waals surface area contributed by atoms with Crippen LogP contribution in [0.5, 0.6) is 5.75 Å². The zero-order valence-electron chi connectivity index (χ0n) is 9.92. The summed E-state index contributed by atoms with van der Waals surface area (Å²) in [4.78, 5) is 0. The van der Waals surface area contributed by atoms with Gasteiger partial charge in [-0.3, -0.25) is 0 Å². The fraction of sp³-hybridized carbons (Fsp3) is 0.500. The molecular weight excluding hydrogens is 209 g/mol. The van der Waals surface area contributed by atoms with Crippen LogP contribution in [0.15, 0.2) is 12.1 Å². The molecule has 0 saturated heterocycles. The van der Waals surface area contributed by atoms with Gasteiger partial charge >= 0.3 is 0 Å². The summed E-state index contributed by atoms with van der Waals surface area (Å²) in [6.45, 7) is 2.25. The molecule has 0 aliphatic heterocycles. The third-order valence-electron chi connectivity index (χ3n) is 2.29. The quantitative estimate of drug-likeness (QED) is 0.835. The van der Waals surface area contributed by atoms with Crippen LogP contribution >= 0.6 is 0 Å². The SMILES string of the molecule is COCc1cc(CC(C)N)c(F)cc1OC. The Hall–Kier alpha value is -1.13. The Morgan fingerprint density at radius 3 is 2.50 bits per heavy atom. The largest absolute Gasteiger partial charge is 0.496 e. The van der Waals surface area contributed by atoms with E-state index in [1.807, 2.05) is 6.92 Å². The molecule has 0 fully saturated rings. The molecule has 0 amide bonds. The van der Waals surface area contributed by atoms with Crippen molar-refractivity contribution in [3.63, 3.8) is 0 Å². The van der Waals surface area contributed by atoms with Gasteiger partial charge < -0.3 is 15.2 Å². The lowest BCUT2D eigenvalue weighted by Gasteiger charge is -2.12. The molecule has 0 aliphatic carbocycles. The minimum atomic E-state index is -0.283. The lowest BCUT2D eigenvalue weighted by Crippen LogP contribution is -2.18. The Bertz CT molecular complexity index is 353. The molecule has 0 heterocycles. The zero-order chi connectivity index (χ0) is 12.1. The second kappa shape index (κ2) is 5.82. The minimum Gasteiger partial charge on any atom is -0.496 e. The van der Waals surface area contributed by atoms with Crippen LogP contribution in [0.1, 0.15) is 18.1 Å². The fourth-order valence-electron chi connectivity index (χ4n) is 1.61. The second-order valence-corrected chi connectivity index (χ2v) is 3.87. The number of ether oxygens (including phenoxy) is 2. The van der Waals surface area contributed by atoms with E-state index in [1.54, 1.807) is 13.2 Å². The molecule has 1 aromatic carbocycles. The summed E-state index contributed by atoms with van der Waals surface area (Å²) in [5.41, 5.74) is 7.09. The molecule has 0 aromatic heterocycles. The summed E-state index contributed by atoms with van der Waals surface area (Å²) in [7, 11) is 3.10. The number of rotatable bonds is 5. The molecular formula is C12H18FNO2. The van der Waals surface area contributed by atoms with Crippen molar-refractivity contribution in [3.05, 3.63) is 29.1 Å². The van der Waals surface area contributed by atoms with E-state index in [4.69, 9.17) is 15.2 Å². The summed E-state index contributed by atoms with van der Waals surface area (Å²) in [5.74, 6) is 0.224. The maximum absolute atomic E-state index is 13.6. The van der Waals surface area contributed by atoms with Gasteiger partial charge in [0.25, 0.3) is 0 Å². The molecule has 0 aliphatic rings. The molecule has 0 radical (unpaired) electrons. The lowest BCUT2D eigenvalue weighted by molar-refractivity contribution is 0.181. The van der Waals surface area contributed by atoms with E-state index >= 15 is 0 Å². The monoisotopic (exact) mass is 227 g/mol. The Balaban J connectivity index is 3.06. The van der Waals surface area contributed by atoms with Gasteiger partial charge in [-0.05, 0) is 25.0 Å². The Kier molecular flexibility index (Phi) is 4.71. The van der Waals surface area contributed by atoms with Gasteiger partial charge in [0.05, 0.1) is 13.7 Å². The summed E-state index contributed by atoms with van der Waals surface area (Å²) in [5, 5.41) is 0. The first-order valence-electron chi connectivity index (χ1n) is 5.18. The van der Waals surface area contributed by atoms with Gasteiger partial charge in [0.2, 0.25) is 0 Å². The summed E-state index contributed by atoms with van der Waals surface area (Å²) < 4.78 is 23.8. The molecule has 0 saturated carbocycles. The van der Waals surface area contributed by atoms with Gasteiger partial charge in [0.15, 0.2) is 0 Å². The number of hydrogen-bond donors (Lipinski definition) is 1. The minimum absolute atomic E-state index is 0.0710. The van der Waals surface area contributed by atoms with E-state index in [0.717, 1.165) is 5.56 Å². The summed E-state index contributed by atoms with van der Waals surface area (Å²) in [6, 6.07) is 3.06. The number of benzene rings is 1. The molecule has 0 spiro atoms. The highest BCUT2D eigenvalue weighted by Gasteiger charge is 2.11. The molecule has 1 unspecified atom stereocenters. The van der Waals surface area contributed by atoms with Gasteiger partial charge in [0.1, 0.15) is 11.6 Å². The van der Waals surface area contributed by atoms with Crippen molar-refractivity contribution in [1.29, 1.82) is 0 Å². The van der Waals surface area contributed by atoms with E-state index in [9.17, 15) is 4.39 Å². The van der Waals surface area contributed by atoms with Crippen molar-refractivity contribution in [3.8, 4) is 5.75 Å². The smallest absolute Gasteiger partial charge is 0.130 e. The molecule has 1 aromatic rings. The van der Waals surface area contributed by atoms with Gasteiger partial charge in [-0.15, -0.1) is 0 Å². The van der Waals surface area contributed by atoms with E-state index in [-0.39, 0.29) is 11.9 Å². The second-order valence-electron chi connectivity index (χ2n) is 3.87. The maximum Gasteiger partial charge on any atom is 0.130 e. The summed E-state index contributed by atoms with van der Waals surface area (Å²) in [6.07, 6.45) is 0.506. The Morgan fingerprint density at radius 1 is 1.31 bits per heavy atom. The lowest BCUT2D eigenvalue weighted by atomic mass is 10.0. The maximum atomic E-state index is 13.6. The number of nitrogens with two attached hydrogens (primary N) is 1. The molecule has 1 rings (SSSR count). The van der Waals surface area contributed by atoms with Crippen molar-refractivity contribution in [2.24, 2.45) is 5.73 Å². The standard InChI is InChI=1S/C12H18FNO2/c1-8(14)4-9-5-10(7-15-2)12(16-3)6-11(9)13/h5-6,8H,4,7,14H2,1-3H3. The Labute approximate surface area is 95.4 Å². The first kappa shape index (κ1) is 12.9. The number of halogens is 1. The predicted molar refractivity (Wildman–Crippen MR) is 61.0 cm³/mol. The average Bonchev–Trinajstić information content (AvgIpc) is 2.22. The van der Waals surface area contributed by atoms with Crippen LogP contribution in [0.4, 0.5) is 4.39 Å². The van der Waals surface area contributed by atoms with E-state index in [1.165, 1.54) is 13.2 Å². The van der Waals surface area contributed by atoms with Crippen molar-refractivity contribution >= 4 is 0 Å². The van der Waals surface area contributed by atoms with Gasteiger partial charge in [-0.1, -0.05) is 0 Å². The van der Waals surface area contributed by atoms with Crippen molar-refractivity contribution in [2.75, 3.05) is 14.2 Å². The van der Waals surface area contributed by atoms with Crippen molar-refractivity contribution < 1.29 is 13.9 Å². The third kappa shape index (κ3) is 3.18. The number of methoxy groups -OCH3 is 2. The fourth-order valence-corrected chi connectivity index (χ4v) is 1.61. The molecule has 1 atom stereocenters. The molecule has 2 N–H and O–H groups in total. The summed E-state index contributed by atoms with van der Waals surface area (Å²) >= 11 is 0. The van der Waals surface area contributed by atoms with Gasteiger partial charge in [-0.25, -0.2) is 4.39 Å². The topological polar surface area (TPSA) is 44.5 Å².